The molecule has 0 bridgehead atoms. The fraction of sp³-hybridized carbons (Fsp3) is 0.529. The molecule has 0 aromatic heterocycles. The summed E-state index contributed by atoms with van der Waals surface area (Å²) in [6.45, 7) is 3.89. The lowest BCUT2D eigenvalue weighted by Gasteiger charge is -2.44. The molecule has 2 heterocycles. The Morgan fingerprint density at radius 3 is 2.76 bits per heavy atom. The third kappa shape index (κ3) is 2.54. The molecule has 2 aliphatic rings. The lowest BCUT2D eigenvalue weighted by Crippen LogP contribution is -2.59. The fourth-order valence-corrected chi connectivity index (χ4v) is 3.70. The number of aryl methyl sites for hydroxylation is 1. The van der Waals surface area contributed by atoms with Crippen molar-refractivity contribution in [2.45, 2.75) is 31.7 Å². The van der Waals surface area contributed by atoms with Gasteiger partial charge in [-0.1, -0.05) is 31.2 Å². The van der Waals surface area contributed by atoms with E-state index in [1.54, 1.807) is 0 Å². The smallest absolute Gasteiger partial charge is 0.238 e. The van der Waals surface area contributed by atoms with Crippen LogP contribution < -0.4 is 10.6 Å². The maximum atomic E-state index is 12.2. The number of carbonyl (C=O) groups excluding carboxylic acids is 1. The summed E-state index contributed by atoms with van der Waals surface area (Å²) in [4.78, 5) is 12.2. The third-order valence-corrected chi connectivity index (χ3v) is 4.88. The van der Waals surface area contributed by atoms with Gasteiger partial charge in [0.15, 0.2) is 0 Å². The quantitative estimate of drug-likeness (QED) is 0.866. The molecule has 4 nitrogen and oxygen atoms in total. The number of benzene rings is 1. The molecule has 3 rings (SSSR count). The van der Waals surface area contributed by atoms with E-state index in [2.05, 4.69) is 47.9 Å². The van der Waals surface area contributed by atoms with Gasteiger partial charge in [-0.05, 0) is 36.4 Å². The molecular formula is C17H21N3O. The number of carbonyl (C=O) groups is 1. The second kappa shape index (κ2) is 5.87. The summed E-state index contributed by atoms with van der Waals surface area (Å²) in [5.74, 6) is -0.327. The first-order valence-electron chi connectivity index (χ1n) is 7.74. The first kappa shape index (κ1) is 14.1. The number of nitrogens with zero attached hydrogens (tertiary/aromatic N) is 1. The van der Waals surface area contributed by atoms with E-state index in [0.717, 1.165) is 31.5 Å². The number of fused-ring (bicyclic) bond motifs is 1. The Morgan fingerprint density at radius 1 is 1.33 bits per heavy atom. The Bertz CT molecular complexity index is 560. The summed E-state index contributed by atoms with van der Waals surface area (Å²) in [5, 5.41) is 15.8. The van der Waals surface area contributed by atoms with Crippen LogP contribution in [0.2, 0.25) is 0 Å². The standard InChI is InChI=1S/C17H21N3O/c1-2-11-3-5-12(6-4-11)16-13-7-8-19-10-15(13)20-17(21)14(16)9-18/h3-6,13-16,19H,2,7-8,10H2,1H3,(H,20,21). The Morgan fingerprint density at radius 2 is 2.10 bits per heavy atom. The molecule has 1 amide bonds. The van der Waals surface area contributed by atoms with Crippen molar-refractivity contribution < 1.29 is 4.79 Å². The van der Waals surface area contributed by atoms with Crippen LogP contribution in [0.3, 0.4) is 0 Å². The number of hydrogen-bond acceptors (Lipinski definition) is 3. The summed E-state index contributed by atoms with van der Waals surface area (Å²) >= 11 is 0. The predicted octanol–water partition coefficient (Wildman–Crippen LogP) is 1.58. The van der Waals surface area contributed by atoms with Crippen molar-refractivity contribution in [2.75, 3.05) is 13.1 Å². The highest BCUT2D eigenvalue weighted by Crippen LogP contribution is 2.40. The van der Waals surface area contributed by atoms with Crippen LogP contribution in [0, 0.1) is 23.2 Å². The van der Waals surface area contributed by atoms with Gasteiger partial charge >= 0.3 is 0 Å². The van der Waals surface area contributed by atoms with Crippen molar-refractivity contribution in [1.29, 1.82) is 5.26 Å². The van der Waals surface area contributed by atoms with Gasteiger partial charge in [0.1, 0.15) is 5.92 Å². The van der Waals surface area contributed by atoms with Crippen LogP contribution in [0.4, 0.5) is 0 Å². The predicted molar refractivity (Wildman–Crippen MR) is 80.6 cm³/mol. The van der Waals surface area contributed by atoms with Crippen LogP contribution in [0.1, 0.15) is 30.4 Å². The Balaban J connectivity index is 1.96. The van der Waals surface area contributed by atoms with E-state index in [0.29, 0.717) is 5.92 Å². The molecular weight excluding hydrogens is 262 g/mol. The van der Waals surface area contributed by atoms with E-state index in [1.807, 2.05) is 0 Å². The minimum atomic E-state index is -0.572. The van der Waals surface area contributed by atoms with Crippen molar-refractivity contribution in [1.82, 2.24) is 10.6 Å². The van der Waals surface area contributed by atoms with Gasteiger partial charge < -0.3 is 10.6 Å². The molecule has 0 spiro atoms. The maximum Gasteiger partial charge on any atom is 0.238 e. The minimum Gasteiger partial charge on any atom is -0.351 e. The number of amides is 1. The number of rotatable bonds is 2. The van der Waals surface area contributed by atoms with Crippen molar-refractivity contribution in [3.63, 3.8) is 0 Å². The van der Waals surface area contributed by atoms with Crippen LogP contribution in [-0.4, -0.2) is 25.0 Å². The summed E-state index contributed by atoms with van der Waals surface area (Å²) in [7, 11) is 0. The zero-order chi connectivity index (χ0) is 14.8. The molecule has 0 aliphatic carbocycles. The van der Waals surface area contributed by atoms with Gasteiger partial charge in [0.25, 0.3) is 0 Å². The van der Waals surface area contributed by atoms with Crippen LogP contribution >= 0.6 is 0 Å². The van der Waals surface area contributed by atoms with Crippen molar-refractivity contribution in [2.24, 2.45) is 11.8 Å². The van der Waals surface area contributed by atoms with E-state index >= 15 is 0 Å². The molecule has 2 N–H and O–H groups in total. The second-order valence-corrected chi connectivity index (χ2v) is 6.00. The van der Waals surface area contributed by atoms with E-state index in [-0.39, 0.29) is 17.9 Å². The largest absolute Gasteiger partial charge is 0.351 e. The first-order chi connectivity index (χ1) is 10.2. The minimum absolute atomic E-state index is 0.0155. The zero-order valence-electron chi connectivity index (χ0n) is 12.3. The molecule has 4 atom stereocenters. The van der Waals surface area contributed by atoms with Crippen LogP contribution in [0.5, 0.6) is 0 Å². The van der Waals surface area contributed by atoms with Gasteiger partial charge in [0.2, 0.25) is 5.91 Å². The van der Waals surface area contributed by atoms with Gasteiger partial charge in [-0.15, -0.1) is 0 Å². The molecule has 2 aliphatic heterocycles. The van der Waals surface area contributed by atoms with E-state index in [9.17, 15) is 10.1 Å². The summed E-state index contributed by atoms with van der Waals surface area (Å²) in [6.07, 6.45) is 2.01. The lowest BCUT2D eigenvalue weighted by molar-refractivity contribution is -0.128. The topological polar surface area (TPSA) is 64.9 Å². The monoisotopic (exact) mass is 283 g/mol. The van der Waals surface area contributed by atoms with Gasteiger partial charge in [-0.2, -0.15) is 5.26 Å². The van der Waals surface area contributed by atoms with Gasteiger partial charge in [0.05, 0.1) is 6.07 Å². The van der Waals surface area contributed by atoms with Crippen molar-refractivity contribution in [3.05, 3.63) is 35.4 Å². The van der Waals surface area contributed by atoms with Gasteiger partial charge in [0, 0.05) is 18.5 Å². The summed E-state index contributed by atoms with van der Waals surface area (Å²) < 4.78 is 0. The van der Waals surface area contributed by atoms with E-state index in [1.165, 1.54) is 5.56 Å². The van der Waals surface area contributed by atoms with Crippen molar-refractivity contribution in [3.8, 4) is 6.07 Å². The molecule has 4 heteroatoms. The highest BCUT2D eigenvalue weighted by atomic mass is 16.2. The molecule has 4 unspecified atom stereocenters. The van der Waals surface area contributed by atoms with Gasteiger partial charge in [-0.3, -0.25) is 4.79 Å². The highest BCUT2D eigenvalue weighted by molar-refractivity contribution is 5.83. The fourth-order valence-electron chi connectivity index (χ4n) is 3.70. The normalized spacial score (nSPS) is 31.9. The molecule has 2 saturated heterocycles. The van der Waals surface area contributed by atoms with Gasteiger partial charge in [-0.25, -0.2) is 0 Å². The maximum absolute atomic E-state index is 12.2. The Hall–Kier alpha value is -1.86. The SMILES string of the molecule is CCc1ccc(C2C(C#N)C(=O)NC3CNCCC32)cc1. The molecule has 1 aromatic carbocycles. The Kier molecular flexibility index (Phi) is 3.94. The number of piperidine rings is 2. The zero-order valence-corrected chi connectivity index (χ0v) is 12.3. The highest BCUT2D eigenvalue weighted by Gasteiger charge is 2.45. The van der Waals surface area contributed by atoms with Crippen LogP contribution in [0.25, 0.3) is 0 Å². The summed E-state index contributed by atoms with van der Waals surface area (Å²) in [6, 6.07) is 10.8. The number of nitrogens with one attached hydrogen (secondary N) is 2. The van der Waals surface area contributed by atoms with Crippen LogP contribution in [-0.2, 0) is 11.2 Å². The van der Waals surface area contributed by atoms with Crippen molar-refractivity contribution >= 4 is 5.91 Å². The number of hydrogen-bond donors (Lipinski definition) is 2. The third-order valence-electron chi connectivity index (χ3n) is 4.88. The lowest BCUT2D eigenvalue weighted by atomic mass is 9.68. The molecule has 2 fully saturated rings. The van der Waals surface area contributed by atoms with E-state index in [4.69, 9.17) is 0 Å². The Labute approximate surface area is 125 Å². The summed E-state index contributed by atoms with van der Waals surface area (Å²) in [5.41, 5.74) is 2.42. The first-order valence-corrected chi connectivity index (χ1v) is 7.74. The molecule has 0 radical (unpaired) electrons. The molecule has 110 valence electrons. The molecule has 1 aromatic rings. The second-order valence-electron chi connectivity index (χ2n) is 6.00. The average Bonchev–Trinajstić information content (AvgIpc) is 2.53. The van der Waals surface area contributed by atoms with E-state index < -0.39 is 5.92 Å². The average molecular weight is 283 g/mol. The number of nitriles is 1. The molecule has 0 saturated carbocycles. The molecule has 21 heavy (non-hydrogen) atoms. The van der Waals surface area contributed by atoms with Crippen LogP contribution in [0.15, 0.2) is 24.3 Å².